The molecule has 0 amide bonds. The van der Waals surface area contributed by atoms with Crippen molar-refractivity contribution in [3.63, 3.8) is 0 Å². The van der Waals surface area contributed by atoms with Crippen LogP contribution in [0, 0.1) is 0 Å². The van der Waals surface area contributed by atoms with Gasteiger partial charge in [0.05, 0.1) is 0 Å². The van der Waals surface area contributed by atoms with Gasteiger partial charge in [0.15, 0.2) is 0 Å². The van der Waals surface area contributed by atoms with Crippen molar-refractivity contribution < 1.29 is 0 Å². The van der Waals surface area contributed by atoms with E-state index in [0.717, 1.165) is 6.54 Å². The Morgan fingerprint density at radius 2 is 2.25 bits per heavy atom. The summed E-state index contributed by atoms with van der Waals surface area (Å²) in [6, 6.07) is 0. The van der Waals surface area contributed by atoms with Gasteiger partial charge in [0.25, 0.3) is 0 Å². The third kappa shape index (κ3) is 1.90. The molecule has 1 aliphatic rings. The van der Waals surface area contributed by atoms with Crippen LogP contribution in [0.25, 0.3) is 0 Å². The molecule has 66 valence electrons. The Morgan fingerprint density at radius 1 is 1.50 bits per heavy atom. The molecule has 0 aromatic rings. The van der Waals surface area contributed by atoms with E-state index in [4.69, 9.17) is 0 Å². The molecule has 0 aromatic heterocycles. The first kappa shape index (κ1) is 9.36. The number of hydrogen-bond acceptors (Lipinski definition) is 2. The number of hydrogen-bond donors (Lipinski definition) is 0. The molecule has 1 atom stereocenters. The average molecular weight is 164 g/mol. The van der Waals surface area contributed by atoms with Crippen LogP contribution in [0.3, 0.4) is 0 Å². The fraction of sp³-hybridized carbons (Fsp3) is 0.667. The predicted octanol–water partition coefficient (Wildman–Crippen LogP) is 0.534. The van der Waals surface area contributed by atoms with Crippen molar-refractivity contribution in [2.45, 2.75) is 25.9 Å². The van der Waals surface area contributed by atoms with Crippen LogP contribution in [0.15, 0.2) is 12.4 Å². The maximum atomic E-state index is 3.83. The van der Waals surface area contributed by atoms with Crippen LogP contribution in [-0.4, -0.2) is 43.0 Å². The number of unbranched alkanes of at least 4 members (excludes halogenated alkanes) is 1. The van der Waals surface area contributed by atoms with E-state index < -0.39 is 0 Å². The van der Waals surface area contributed by atoms with Crippen molar-refractivity contribution in [1.29, 1.82) is 0 Å². The topological polar surface area (TPSA) is 6.48 Å². The molecule has 0 spiro atoms. The van der Waals surface area contributed by atoms with E-state index in [1.54, 1.807) is 0 Å². The van der Waals surface area contributed by atoms with Crippen molar-refractivity contribution in [1.82, 2.24) is 9.80 Å². The summed E-state index contributed by atoms with van der Waals surface area (Å²) in [5, 5.41) is 0. The third-order valence-electron chi connectivity index (χ3n) is 2.23. The van der Waals surface area contributed by atoms with E-state index >= 15 is 0 Å². The summed E-state index contributed by atoms with van der Waals surface area (Å²) in [5.74, 6) is 1.98. The van der Waals surface area contributed by atoms with Gasteiger partial charge in [-0.25, -0.2) is 0 Å². The van der Waals surface area contributed by atoms with Crippen molar-refractivity contribution in [2.24, 2.45) is 0 Å². The van der Waals surface area contributed by atoms with Gasteiger partial charge >= 0.3 is 75.2 Å². The van der Waals surface area contributed by atoms with Gasteiger partial charge in [0, 0.05) is 0 Å². The molecule has 0 radical (unpaired) electrons. The van der Waals surface area contributed by atoms with E-state index in [1.807, 2.05) is 5.97 Å². The zero-order chi connectivity index (χ0) is 8.97. The van der Waals surface area contributed by atoms with E-state index in [2.05, 4.69) is 43.7 Å². The maximum absolute atomic E-state index is 3.83. The molecule has 12 heavy (non-hydrogen) atoms. The Balaban J connectivity index is 2.43. The van der Waals surface area contributed by atoms with E-state index in [9.17, 15) is 0 Å². The van der Waals surface area contributed by atoms with Gasteiger partial charge in [0.1, 0.15) is 0 Å². The predicted molar refractivity (Wildman–Crippen MR) is 55.5 cm³/mol. The Morgan fingerprint density at radius 3 is 2.83 bits per heavy atom. The van der Waals surface area contributed by atoms with Gasteiger partial charge in [-0.05, 0) is 0 Å². The molecule has 0 saturated carbocycles. The van der Waals surface area contributed by atoms with E-state index in [0.29, 0.717) is 6.17 Å². The van der Waals surface area contributed by atoms with Crippen LogP contribution in [0.2, 0.25) is 0 Å². The zero-order valence-electron chi connectivity index (χ0n) is 8.03. The molecule has 1 unspecified atom stereocenters. The molecule has 1 aliphatic heterocycles. The van der Waals surface area contributed by atoms with Gasteiger partial charge in [-0.1, -0.05) is 0 Å². The molecular weight excluding hydrogens is 147 g/mol. The Labute approximate surface area is 75.9 Å². The normalized spacial score (nSPS) is 21.9. The fourth-order valence-corrected chi connectivity index (χ4v) is 1.45. The SMILES string of the molecule is B=CC1N(C)C=CN1CCCC. The molecule has 1 rings (SSSR count). The second-order valence-electron chi connectivity index (χ2n) is 3.20. The van der Waals surface area contributed by atoms with Gasteiger partial charge in [-0.3, -0.25) is 0 Å². The zero-order valence-corrected chi connectivity index (χ0v) is 8.03. The summed E-state index contributed by atoms with van der Waals surface area (Å²) >= 11 is 0. The van der Waals surface area contributed by atoms with Gasteiger partial charge in [-0.15, -0.1) is 0 Å². The molecule has 3 heteroatoms. The van der Waals surface area contributed by atoms with E-state index in [-0.39, 0.29) is 0 Å². The molecule has 2 nitrogen and oxygen atoms in total. The minimum atomic E-state index is 0.372. The number of nitrogens with zero attached hydrogens (tertiary/aromatic N) is 2. The fourth-order valence-electron chi connectivity index (χ4n) is 1.45. The van der Waals surface area contributed by atoms with Crippen LogP contribution in [0.5, 0.6) is 0 Å². The van der Waals surface area contributed by atoms with Crippen molar-refractivity contribution in [3.05, 3.63) is 12.4 Å². The first-order valence-corrected chi connectivity index (χ1v) is 4.58. The molecule has 1 heterocycles. The first-order chi connectivity index (χ1) is 5.79. The van der Waals surface area contributed by atoms with Crippen LogP contribution < -0.4 is 0 Å². The average Bonchev–Trinajstić information content (AvgIpc) is 2.43. The van der Waals surface area contributed by atoms with E-state index in [1.165, 1.54) is 12.8 Å². The molecule has 0 N–H and O–H groups in total. The van der Waals surface area contributed by atoms with Crippen molar-refractivity contribution in [2.75, 3.05) is 13.6 Å². The van der Waals surface area contributed by atoms with Gasteiger partial charge in [-0.2, -0.15) is 0 Å². The third-order valence-corrected chi connectivity index (χ3v) is 2.23. The van der Waals surface area contributed by atoms with Gasteiger partial charge in [0.2, 0.25) is 0 Å². The number of rotatable bonds is 4. The molecule has 0 saturated heterocycles. The minimum absolute atomic E-state index is 0.372. The summed E-state index contributed by atoms with van der Waals surface area (Å²) in [6.07, 6.45) is 7.11. The first-order valence-electron chi connectivity index (χ1n) is 4.58. The summed E-state index contributed by atoms with van der Waals surface area (Å²) in [5.41, 5.74) is 0. The van der Waals surface area contributed by atoms with Crippen LogP contribution >= 0.6 is 0 Å². The molecule has 0 aliphatic carbocycles. The standard InChI is InChI=1S/C9H17BN2/c1-3-4-5-12-7-6-11(2)9(12)8-10/h6-10H,3-5H2,1-2H3. The summed E-state index contributed by atoms with van der Waals surface area (Å²) < 4.78 is 0. The summed E-state index contributed by atoms with van der Waals surface area (Å²) in [4.78, 5) is 4.49. The van der Waals surface area contributed by atoms with Crippen LogP contribution in [-0.2, 0) is 0 Å². The monoisotopic (exact) mass is 164 g/mol. The van der Waals surface area contributed by atoms with Crippen molar-refractivity contribution in [3.8, 4) is 0 Å². The second kappa shape index (κ2) is 4.34. The quantitative estimate of drug-likeness (QED) is 0.559. The summed E-state index contributed by atoms with van der Waals surface area (Å²) in [7, 11) is 5.91. The van der Waals surface area contributed by atoms with Gasteiger partial charge < -0.3 is 0 Å². The Kier molecular flexibility index (Phi) is 3.38. The Bertz CT molecular complexity index is 179. The second-order valence-corrected chi connectivity index (χ2v) is 3.20. The van der Waals surface area contributed by atoms with Crippen LogP contribution in [0.1, 0.15) is 19.8 Å². The molecule has 0 aromatic carbocycles. The summed E-state index contributed by atoms with van der Waals surface area (Å²) in [6.45, 7) is 3.35. The molecular formula is C9H17BN2. The molecule has 0 fully saturated rings. The Hall–Kier alpha value is -0.725. The van der Waals surface area contributed by atoms with Crippen molar-refractivity contribution >= 4 is 13.5 Å². The van der Waals surface area contributed by atoms with Crippen LogP contribution in [0.4, 0.5) is 0 Å². The molecule has 0 bridgehead atoms.